The monoisotopic (exact) mass is 214 g/mol. The number of hydrogen-bond donors (Lipinski definition) is 0. The van der Waals surface area contributed by atoms with Crippen molar-refractivity contribution in [1.82, 2.24) is 0 Å². The molecule has 0 unspecified atom stereocenters. The summed E-state index contributed by atoms with van der Waals surface area (Å²) in [6, 6.07) is 21.9. The zero-order valence-electron chi connectivity index (χ0n) is 8.19. The van der Waals surface area contributed by atoms with Gasteiger partial charge in [0, 0.05) is 18.1 Å². The Balaban J connectivity index is 1.96. The highest BCUT2D eigenvalue weighted by Gasteiger charge is 1.95. The third kappa shape index (κ3) is 2.68. The van der Waals surface area contributed by atoms with E-state index >= 15 is 0 Å². The third-order valence-electron chi connectivity index (χ3n) is 2.39. The highest BCUT2D eigenvalue weighted by Crippen LogP contribution is 1.83. The highest BCUT2D eigenvalue weighted by molar-refractivity contribution is 7.12. The van der Waals surface area contributed by atoms with Gasteiger partial charge in [-0.2, -0.15) is 0 Å². The van der Waals surface area contributed by atoms with Gasteiger partial charge < -0.3 is 0 Å². The van der Waals surface area contributed by atoms with Gasteiger partial charge >= 0.3 is 0 Å². The van der Waals surface area contributed by atoms with Crippen LogP contribution in [0.15, 0.2) is 60.7 Å². The number of benzene rings is 2. The maximum absolute atomic E-state index is 2.28. The maximum atomic E-state index is 2.28. The first-order chi connectivity index (χ1) is 6.95. The minimum Gasteiger partial charge on any atom is -0.0697 e. The first-order valence-electron chi connectivity index (χ1n) is 5.03. The summed E-state index contributed by atoms with van der Waals surface area (Å²) in [7, 11) is 0.0584. The van der Waals surface area contributed by atoms with Gasteiger partial charge in [-0.3, -0.25) is 0 Å². The normalized spacial score (nSPS) is 11.7. The van der Waals surface area contributed by atoms with Gasteiger partial charge in [0.2, 0.25) is 0 Å². The molecule has 0 nitrogen and oxygen atoms in total. The predicted molar refractivity (Wildman–Crippen MR) is 69.2 cm³/mol. The SMILES string of the molecule is c1ccc([SiH2][SiH2]c2ccccc2)cc1. The quantitative estimate of drug-likeness (QED) is 0.626. The van der Waals surface area contributed by atoms with Crippen LogP contribution in [0.5, 0.6) is 0 Å². The summed E-state index contributed by atoms with van der Waals surface area (Å²) in [4.78, 5) is 0. The molecular weight excluding hydrogens is 200 g/mol. The van der Waals surface area contributed by atoms with Crippen LogP contribution in [0.25, 0.3) is 0 Å². The molecular formula is C12H14Si2. The molecule has 0 heterocycles. The molecule has 0 aliphatic heterocycles. The van der Waals surface area contributed by atoms with Crippen molar-refractivity contribution in [2.24, 2.45) is 0 Å². The Morgan fingerprint density at radius 2 is 0.857 bits per heavy atom. The summed E-state index contributed by atoms with van der Waals surface area (Å²) in [5.41, 5.74) is 0. The van der Waals surface area contributed by atoms with Crippen molar-refractivity contribution >= 4 is 28.4 Å². The summed E-state index contributed by atoms with van der Waals surface area (Å²) in [5, 5.41) is 3.23. The van der Waals surface area contributed by atoms with E-state index in [2.05, 4.69) is 60.7 Å². The van der Waals surface area contributed by atoms with Crippen LogP contribution < -0.4 is 10.4 Å². The molecule has 0 fully saturated rings. The first kappa shape index (κ1) is 9.43. The van der Waals surface area contributed by atoms with Crippen LogP contribution in [-0.2, 0) is 0 Å². The predicted octanol–water partition coefficient (Wildman–Crippen LogP) is -0.110. The van der Waals surface area contributed by atoms with E-state index in [1.807, 2.05) is 0 Å². The minimum absolute atomic E-state index is 0.0292. The van der Waals surface area contributed by atoms with Crippen molar-refractivity contribution in [3.8, 4) is 0 Å². The topological polar surface area (TPSA) is 0 Å². The lowest BCUT2D eigenvalue weighted by Gasteiger charge is -1.99. The van der Waals surface area contributed by atoms with Crippen molar-refractivity contribution < 1.29 is 0 Å². The molecule has 0 aromatic heterocycles. The van der Waals surface area contributed by atoms with Crippen LogP contribution in [0.4, 0.5) is 0 Å². The second-order valence-corrected chi connectivity index (χ2v) is 9.10. The van der Waals surface area contributed by atoms with Crippen molar-refractivity contribution in [2.75, 3.05) is 0 Å². The molecule has 14 heavy (non-hydrogen) atoms. The lowest BCUT2D eigenvalue weighted by Crippen LogP contribution is -2.28. The molecule has 2 aromatic rings. The van der Waals surface area contributed by atoms with Gasteiger partial charge in [-0.15, -0.1) is 0 Å². The van der Waals surface area contributed by atoms with Crippen LogP contribution in [0.2, 0.25) is 0 Å². The summed E-state index contributed by atoms with van der Waals surface area (Å²) >= 11 is 0. The molecule has 0 aliphatic carbocycles. The largest absolute Gasteiger partial charge is 0.0697 e. The molecule has 0 N–H and O–H groups in total. The van der Waals surface area contributed by atoms with E-state index in [-0.39, 0.29) is 18.1 Å². The van der Waals surface area contributed by atoms with Crippen molar-refractivity contribution in [2.45, 2.75) is 0 Å². The summed E-state index contributed by atoms with van der Waals surface area (Å²) in [6.07, 6.45) is 0. The standard InChI is InChI=1S/C12H14Si2/c1-3-7-11(8-4-1)13-14-12-9-5-2-6-10-12/h1-10H,13-14H2. The zero-order chi connectivity index (χ0) is 9.64. The molecule has 70 valence electrons. The van der Waals surface area contributed by atoms with E-state index in [1.54, 1.807) is 10.4 Å². The Bertz CT molecular complexity index is 331. The van der Waals surface area contributed by atoms with Gasteiger partial charge in [0.1, 0.15) is 0 Å². The van der Waals surface area contributed by atoms with Gasteiger partial charge in [-0.05, 0) is 0 Å². The summed E-state index contributed by atoms with van der Waals surface area (Å²) < 4.78 is 0. The second kappa shape index (κ2) is 4.93. The van der Waals surface area contributed by atoms with Crippen LogP contribution in [0, 0.1) is 0 Å². The van der Waals surface area contributed by atoms with Gasteiger partial charge in [0.15, 0.2) is 0 Å². The number of hydrogen-bond acceptors (Lipinski definition) is 0. The molecule has 0 amide bonds. The minimum atomic E-state index is 0.0292. The lowest BCUT2D eigenvalue weighted by atomic mass is 10.4. The van der Waals surface area contributed by atoms with Crippen LogP contribution in [-0.4, -0.2) is 18.1 Å². The van der Waals surface area contributed by atoms with Crippen LogP contribution in [0.1, 0.15) is 0 Å². The lowest BCUT2D eigenvalue weighted by molar-refractivity contribution is 1.77. The van der Waals surface area contributed by atoms with E-state index < -0.39 is 0 Å². The molecule has 0 bridgehead atoms. The van der Waals surface area contributed by atoms with Gasteiger partial charge in [0.05, 0.1) is 0 Å². The molecule has 0 spiro atoms. The van der Waals surface area contributed by atoms with E-state index in [9.17, 15) is 0 Å². The second-order valence-electron chi connectivity index (χ2n) is 3.47. The fraction of sp³-hybridized carbons (Fsp3) is 0. The Hall–Kier alpha value is -1.13. The molecule has 0 saturated carbocycles. The van der Waals surface area contributed by atoms with Crippen LogP contribution in [0.3, 0.4) is 0 Å². The Morgan fingerprint density at radius 1 is 0.500 bits per heavy atom. The maximum Gasteiger partial charge on any atom is 0.0477 e. The van der Waals surface area contributed by atoms with Gasteiger partial charge in [0.25, 0.3) is 0 Å². The van der Waals surface area contributed by atoms with Gasteiger partial charge in [-0.1, -0.05) is 71.0 Å². The van der Waals surface area contributed by atoms with Gasteiger partial charge in [-0.25, -0.2) is 0 Å². The Morgan fingerprint density at radius 3 is 1.21 bits per heavy atom. The smallest absolute Gasteiger partial charge is 0.0477 e. The molecule has 2 heteroatoms. The Kier molecular flexibility index (Phi) is 3.32. The first-order valence-corrected chi connectivity index (χ1v) is 10.4. The Labute approximate surface area is 89.4 Å². The third-order valence-corrected chi connectivity index (χ3v) is 8.95. The van der Waals surface area contributed by atoms with Crippen LogP contribution >= 0.6 is 0 Å². The van der Waals surface area contributed by atoms with E-state index in [1.165, 1.54) is 0 Å². The van der Waals surface area contributed by atoms with E-state index in [0.29, 0.717) is 0 Å². The van der Waals surface area contributed by atoms with Crippen molar-refractivity contribution in [1.29, 1.82) is 0 Å². The summed E-state index contributed by atoms with van der Waals surface area (Å²) in [6.45, 7) is 0. The fourth-order valence-electron chi connectivity index (χ4n) is 1.58. The fourth-order valence-corrected chi connectivity index (χ4v) is 7.10. The average molecular weight is 214 g/mol. The van der Waals surface area contributed by atoms with E-state index in [0.717, 1.165) is 0 Å². The number of rotatable bonds is 3. The molecule has 0 aliphatic rings. The van der Waals surface area contributed by atoms with E-state index in [4.69, 9.17) is 0 Å². The molecule has 0 atom stereocenters. The van der Waals surface area contributed by atoms with Crippen molar-refractivity contribution in [3.63, 3.8) is 0 Å². The molecule has 0 saturated heterocycles. The molecule has 2 rings (SSSR count). The zero-order valence-corrected chi connectivity index (χ0v) is 11.0. The average Bonchev–Trinajstić information content (AvgIpc) is 2.29. The summed E-state index contributed by atoms with van der Waals surface area (Å²) in [5.74, 6) is 0. The molecule has 0 radical (unpaired) electrons. The van der Waals surface area contributed by atoms with Crippen molar-refractivity contribution in [3.05, 3.63) is 60.7 Å². The molecule has 2 aromatic carbocycles. The highest BCUT2D eigenvalue weighted by atomic mass is 29.1.